The summed E-state index contributed by atoms with van der Waals surface area (Å²) in [5.41, 5.74) is 1.56. The highest BCUT2D eigenvalue weighted by molar-refractivity contribution is 7.98. The molecule has 0 spiro atoms. The molecule has 5 heteroatoms. The number of halogens is 1. The van der Waals surface area contributed by atoms with Crippen LogP contribution >= 0.6 is 23.4 Å². The minimum absolute atomic E-state index is 0.493. The Labute approximate surface area is 111 Å². The van der Waals surface area contributed by atoms with Crippen molar-refractivity contribution in [3.05, 3.63) is 22.9 Å². The highest BCUT2D eigenvalue weighted by Crippen LogP contribution is 2.21. The Morgan fingerprint density at radius 2 is 2.35 bits per heavy atom. The molecule has 3 nitrogen and oxygen atoms in total. The van der Waals surface area contributed by atoms with Crippen molar-refractivity contribution >= 4 is 29.2 Å². The third kappa shape index (κ3) is 3.89. The van der Waals surface area contributed by atoms with E-state index in [0.29, 0.717) is 10.3 Å². The minimum atomic E-state index is 0.493. The zero-order valence-corrected chi connectivity index (χ0v) is 11.4. The molecule has 0 aliphatic heterocycles. The van der Waals surface area contributed by atoms with Gasteiger partial charge in [-0.3, -0.25) is 0 Å². The van der Waals surface area contributed by atoms with Crippen molar-refractivity contribution in [3.63, 3.8) is 0 Å². The molecule has 1 aromatic heterocycles. The summed E-state index contributed by atoms with van der Waals surface area (Å²) in [6.45, 7) is 0.910. The van der Waals surface area contributed by atoms with E-state index in [1.54, 1.807) is 11.6 Å². The third-order valence-electron chi connectivity index (χ3n) is 2.74. The van der Waals surface area contributed by atoms with E-state index in [0.717, 1.165) is 18.8 Å². The Kier molecular flexibility index (Phi) is 4.68. The van der Waals surface area contributed by atoms with Gasteiger partial charge in [0.1, 0.15) is 11.0 Å². The van der Waals surface area contributed by atoms with Crippen LogP contribution in [-0.2, 0) is 0 Å². The molecule has 2 rings (SSSR count). The molecule has 17 heavy (non-hydrogen) atoms. The summed E-state index contributed by atoms with van der Waals surface area (Å²) in [5, 5.41) is 4.50. The first-order valence-corrected chi connectivity index (χ1v) is 7.38. The number of hydrogen-bond donors (Lipinski definition) is 1. The van der Waals surface area contributed by atoms with Crippen molar-refractivity contribution < 1.29 is 0 Å². The first kappa shape index (κ1) is 12.7. The average Bonchev–Trinajstić information content (AvgIpc) is 2.81. The number of nitrogens with zero attached hydrogens (tertiary/aromatic N) is 2. The van der Waals surface area contributed by atoms with Gasteiger partial charge in [0, 0.05) is 12.6 Å². The minimum Gasteiger partial charge on any atom is -0.370 e. The summed E-state index contributed by atoms with van der Waals surface area (Å²) in [6.07, 6.45) is 9.19. The Morgan fingerprint density at radius 3 is 3.06 bits per heavy atom. The Balaban J connectivity index is 1.87. The van der Waals surface area contributed by atoms with Crippen molar-refractivity contribution in [1.29, 1.82) is 0 Å². The fourth-order valence-electron chi connectivity index (χ4n) is 1.89. The quantitative estimate of drug-likeness (QED) is 0.382. The average molecular weight is 270 g/mol. The first-order chi connectivity index (χ1) is 8.28. The molecule has 1 aliphatic carbocycles. The molecule has 0 radical (unpaired) electrons. The molecule has 0 unspecified atom stereocenters. The number of hydrogen-bond acceptors (Lipinski definition) is 4. The maximum Gasteiger partial charge on any atom is 0.190 e. The van der Waals surface area contributed by atoms with E-state index in [-0.39, 0.29) is 0 Å². The lowest BCUT2D eigenvalue weighted by molar-refractivity contribution is 0.858. The number of anilines is 1. The second-order valence-corrected chi connectivity index (χ2v) is 5.15. The topological polar surface area (TPSA) is 37.8 Å². The number of allylic oxidation sites excluding steroid dienone is 1. The lowest BCUT2D eigenvalue weighted by Crippen LogP contribution is -2.05. The molecule has 0 amide bonds. The van der Waals surface area contributed by atoms with Crippen LogP contribution < -0.4 is 5.32 Å². The van der Waals surface area contributed by atoms with E-state index in [2.05, 4.69) is 21.4 Å². The van der Waals surface area contributed by atoms with Gasteiger partial charge in [-0.25, -0.2) is 9.97 Å². The maximum atomic E-state index is 5.92. The van der Waals surface area contributed by atoms with E-state index < -0.39 is 0 Å². The monoisotopic (exact) mass is 269 g/mol. The van der Waals surface area contributed by atoms with Gasteiger partial charge >= 0.3 is 0 Å². The van der Waals surface area contributed by atoms with Crippen molar-refractivity contribution in [2.75, 3.05) is 18.1 Å². The highest BCUT2D eigenvalue weighted by atomic mass is 35.5. The van der Waals surface area contributed by atoms with E-state index in [1.807, 2.05) is 6.26 Å². The molecule has 1 heterocycles. The first-order valence-electron chi connectivity index (χ1n) is 5.78. The van der Waals surface area contributed by atoms with Crippen molar-refractivity contribution in [2.45, 2.75) is 30.8 Å². The number of rotatable bonds is 5. The highest BCUT2D eigenvalue weighted by Gasteiger charge is 2.05. The lowest BCUT2D eigenvalue weighted by Gasteiger charge is -2.07. The third-order valence-corrected chi connectivity index (χ3v) is 3.49. The molecule has 1 N–H and O–H groups in total. The summed E-state index contributed by atoms with van der Waals surface area (Å²) in [6, 6.07) is 1.77. The van der Waals surface area contributed by atoms with Gasteiger partial charge in [0.15, 0.2) is 5.16 Å². The van der Waals surface area contributed by atoms with Crippen LogP contribution in [-0.4, -0.2) is 22.8 Å². The molecule has 0 aromatic carbocycles. The summed E-state index contributed by atoms with van der Waals surface area (Å²) < 4.78 is 0. The van der Waals surface area contributed by atoms with Crippen LogP contribution in [0.4, 0.5) is 5.82 Å². The van der Waals surface area contributed by atoms with Gasteiger partial charge in [-0.15, -0.1) is 0 Å². The molecule has 92 valence electrons. The molecule has 1 aromatic rings. The predicted molar refractivity (Wildman–Crippen MR) is 73.9 cm³/mol. The Morgan fingerprint density at radius 1 is 1.47 bits per heavy atom. The van der Waals surface area contributed by atoms with Gasteiger partial charge in [-0.2, -0.15) is 0 Å². The summed E-state index contributed by atoms with van der Waals surface area (Å²) in [5.74, 6) is 0.813. The van der Waals surface area contributed by atoms with Crippen molar-refractivity contribution in [3.8, 4) is 0 Å². The lowest BCUT2D eigenvalue weighted by atomic mass is 10.2. The van der Waals surface area contributed by atoms with Crippen LogP contribution in [0.1, 0.15) is 25.7 Å². The summed E-state index contributed by atoms with van der Waals surface area (Å²) >= 11 is 7.42. The Hall–Kier alpha value is -0.740. The molecule has 0 fully saturated rings. The van der Waals surface area contributed by atoms with E-state index in [9.17, 15) is 0 Å². The second-order valence-electron chi connectivity index (χ2n) is 3.99. The van der Waals surface area contributed by atoms with E-state index >= 15 is 0 Å². The molecule has 1 aliphatic rings. The molecule has 0 atom stereocenters. The molecular weight excluding hydrogens is 254 g/mol. The number of aromatic nitrogens is 2. The van der Waals surface area contributed by atoms with Crippen LogP contribution in [0.15, 0.2) is 22.9 Å². The van der Waals surface area contributed by atoms with E-state index in [4.69, 9.17) is 11.6 Å². The SMILES string of the molecule is CSc1nc(Cl)cc(NCCC2=CCCC2)n1. The zero-order valence-electron chi connectivity index (χ0n) is 9.87. The zero-order chi connectivity index (χ0) is 12.1. The summed E-state index contributed by atoms with van der Waals surface area (Å²) in [4.78, 5) is 8.46. The molecular formula is C12H16ClN3S. The van der Waals surface area contributed by atoms with Gasteiger partial charge in [-0.05, 0) is 31.9 Å². The normalized spacial score (nSPS) is 14.8. The van der Waals surface area contributed by atoms with Crippen molar-refractivity contribution in [2.24, 2.45) is 0 Å². The maximum absolute atomic E-state index is 5.92. The molecule has 0 saturated heterocycles. The van der Waals surface area contributed by atoms with Crippen LogP contribution in [0.3, 0.4) is 0 Å². The molecule has 0 saturated carbocycles. The fraction of sp³-hybridized carbons (Fsp3) is 0.500. The van der Waals surface area contributed by atoms with Gasteiger partial charge in [0.2, 0.25) is 0 Å². The summed E-state index contributed by atoms with van der Waals surface area (Å²) in [7, 11) is 0. The molecule has 0 bridgehead atoms. The predicted octanol–water partition coefficient (Wildman–Crippen LogP) is 3.76. The number of thioether (sulfide) groups is 1. The second kappa shape index (κ2) is 6.26. The number of nitrogens with one attached hydrogen (secondary N) is 1. The van der Waals surface area contributed by atoms with Crippen molar-refractivity contribution in [1.82, 2.24) is 9.97 Å². The van der Waals surface area contributed by atoms with Gasteiger partial charge < -0.3 is 5.32 Å². The largest absolute Gasteiger partial charge is 0.370 e. The van der Waals surface area contributed by atoms with Crippen LogP contribution in [0.25, 0.3) is 0 Å². The van der Waals surface area contributed by atoms with Gasteiger partial charge in [0.05, 0.1) is 0 Å². The standard InChI is InChI=1S/C12H16ClN3S/c1-17-12-15-10(13)8-11(16-12)14-7-6-9-4-2-3-5-9/h4,8H,2-3,5-7H2,1H3,(H,14,15,16). The van der Waals surface area contributed by atoms with Crippen LogP contribution in [0.5, 0.6) is 0 Å². The smallest absolute Gasteiger partial charge is 0.190 e. The Bertz CT molecular complexity index is 420. The fourth-order valence-corrected chi connectivity index (χ4v) is 2.51. The van der Waals surface area contributed by atoms with Gasteiger partial charge in [0.25, 0.3) is 0 Å². The van der Waals surface area contributed by atoms with E-state index in [1.165, 1.54) is 31.0 Å². The van der Waals surface area contributed by atoms with Crippen LogP contribution in [0.2, 0.25) is 5.15 Å². The van der Waals surface area contributed by atoms with Crippen LogP contribution in [0, 0.1) is 0 Å². The van der Waals surface area contributed by atoms with Gasteiger partial charge in [-0.1, -0.05) is 35.0 Å².